The van der Waals surface area contributed by atoms with E-state index in [9.17, 15) is 9.59 Å². The predicted octanol–water partition coefficient (Wildman–Crippen LogP) is 3.04. The summed E-state index contributed by atoms with van der Waals surface area (Å²) in [7, 11) is 1.55. The number of carbonyl (C=O) groups is 2. The van der Waals surface area contributed by atoms with Gasteiger partial charge in [0.2, 0.25) is 0 Å². The van der Waals surface area contributed by atoms with Crippen LogP contribution >= 0.6 is 22.7 Å². The van der Waals surface area contributed by atoms with E-state index in [0.717, 1.165) is 10.6 Å². The van der Waals surface area contributed by atoms with Gasteiger partial charge in [-0.15, -0.1) is 11.3 Å². The molecule has 2 heterocycles. The molecule has 0 unspecified atom stereocenters. The second kappa shape index (κ2) is 8.59. The molecular weight excluding hydrogens is 370 g/mol. The van der Waals surface area contributed by atoms with Crippen LogP contribution in [0.4, 0.5) is 0 Å². The number of rotatable bonds is 7. The number of hydrogen-bond donors (Lipinski definition) is 2. The second-order valence-corrected chi connectivity index (χ2v) is 6.93. The summed E-state index contributed by atoms with van der Waals surface area (Å²) in [5.41, 5.74) is 1.91. The third kappa shape index (κ3) is 4.47. The fraction of sp³-hybridized carbons (Fsp3) is 0.167. The molecule has 3 rings (SSSR count). The standard InChI is InChI=1S/C18H17N3O3S2/c1-24-14-4-2-3-12(9-14)16(22)19-6-7-20-17(23)15-11-26-18(21-15)13-5-8-25-10-13/h2-5,8-11H,6-7H2,1H3,(H,19,22)(H,20,23). The van der Waals surface area contributed by atoms with Crippen molar-refractivity contribution in [2.75, 3.05) is 20.2 Å². The van der Waals surface area contributed by atoms with Crippen LogP contribution in [0, 0.1) is 0 Å². The van der Waals surface area contributed by atoms with E-state index in [0.29, 0.717) is 30.1 Å². The van der Waals surface area contributed by atoms with Crippen molar-refractivity contribution in [3.63, 3.8) is 0 Å². The second-order valence-electron chi connectivity index (χ2n) is 5.29. The summed E-state index contributed by atoms with van der Waals surface area (Å²) >= 11 is 3.02. The minimum atomic E-state index is -0.252. The molecule has 2 N–H and O–H groups in total. The van der Waals surface area contributed by atoms with Crippen molar-refractivity contribution in [2.45, 2.75) is 0 Å². The van der Waals surface area contributed by atoms with Crippen LogP contribution < -0.4 is 15.4 Å². The van der Waals surface area contributed by atoms with Crippen LogP contribution in [0.1, 0.15) is 20.8 Å². The van der Waals surface area contributed by atoms with Gasteiger partial charge in [-0.3, -0.25) is 9.59 Å². The summed E-state index contributed by atoms with van der Waals surface area (Å²) in [6.45, 7) is 0.642. The lowest BCUT2D eigenvalue weighted by molar-refractivity contribution is 0.0925. The first-order valence-corrected chi connectivity index (χ1v) is 9.68. The molecule has 0 spiro atoms. The van der Waals surface area contributed by atoms with Crippen molar-refractivity contribution < 1.29 is 14.3 Å². The Labute approximate surface area is 158 Å². The number of nitrogens with one attached hydrogen (secondary N) is 2. The normalized spacial score (nSPS) is 10.3. The monoisotopic (exact) mass is 387 g/mol. The maximum Gasteiger partial charge on any atom is 0.270 e. The van der Waals surface area contributed by atoms with Gasteiger partial charge in [0.25, 0.3) is 11.8 Å². The predicted molar refractivity (Wildman–Crippen MR) is 103 cm³/mol. The third-order valence-electron chi connectivity index (χ3n) is 3.53. The molecule has 1 aromatic carbocycles. The Kier molecular flexibility index (Phi) is 5.98. The number of benzene rings is 1. The summed E-state index contributed by atoms with van der Waals surface area (Å²) in [5, 5.41) is 12.0. The van der Waals surface area contributed by atoms with Gasteiger partial charge < -0.3 is 15.4 Å². The van der Waals surface area contributed by atoms with Gasteiger partial charge in [-0.05, 0) is 29.6 Å². The molecule has 0 atom stereocenters. The van der Waals surface area contributed by atoms with Crippen LogP contribution in [0.2, 0.25) is 0 Å². The molecule has 134 valence electrons. The molecule has 0 aliphatic rings. The maximum atomic E-state index is 12.1. The van der Waals surface area contributed by atoms with Gasteiger partial charge in [-0.25, -0.2) is 4.98 Å². The van der Waals surface area contributed by atoms with Crippen molar-refractivity contribution in [1.82, 2.24) is 15.6 Å². The van der Waals surface area contributed by atoms with E-state index in [-0.39, 0.29) is 11.8 Å². The van der Waals surface area contributed by atoms with Crippen molar-refractivity contribution in [3.05, 3.63) is 57.7 Å². The van der Waals surface area contributed by atoms with Crippen molar-refractivity contribution >= 4 is 34.5 Å². The van der Waals surface area contributed by atoms with E-state index in [1.54, 1.807) is 48.1 Å². The Bertz CT molecular complexity index is 891. The highest BCUT2D eigenvalue weighted by Gasteiger charge is 2.12. The fourth-order valence-electron chi connectivity index (χ4n) is 2.21. The van der Waals surface area contributed by atoms with E-state index in [1.807, 2.05) is 16.8 Å². The number of ether oxygens (including phenoxy) is 1. The van der Waals surface area contributed by atoms with Gasteiger partial charge in [0.05, 0.1) is 7.11 Å². The Morgan fingerprint density at radius 2 is 1.92 bits per heavy atom. The summed E-state index contributed by atoms with van der Waals surface area (Å²) in [5.74, 6) is 0.154. The molecule has 6 nitrogen and oxygen atoms in total. The minimum Gasteiger partial charge on any atom is -0.497 e. The number of thiazole rings is 1. The lowest BCUT2D eigenvalue weighted by Crippen LogP contribution is -2.34. The molecule has 0 aliphatic carbocycles. The van der Waals surface area contributed by atoms with E-state index >= 15 is 0 Å². The number of aromatic nitrogens is 1. The topological polar surface area (TPSA) is 80.3 Å². The molecular formula is C18H17N3O3S2. The van der Waals surface area contributed by atoms with Crippen LogP contribution in [0.15, 0.2) is 46.5 Å². The average Bonchev–Trinajstić information content (AvgIpc) is 3.36. The van der Waals surface area contributed by atoms with Crippen LogP contribution in [-0.4, -0.2) is 37.0 Å². The maximum absolute atomic E-state index is 12.1. The number of methoxy groups -OCH3 is 1. The molecule has 0 radical (unpaired) electrons. The first-order valence-electron chi connectivity index (χ1n) is 7.86. The van der Waals surface area contributed by atoms with Crippen molar-refractivity contribution in [2.24, 2.45) is 0 Å². The van der Waals surface area contributed by atoms with Gasteiger partial charge in [0.1, 0.15) is 16.5 Å². The highest BCUT2D eigenvalue weighted by atomic mass is 32.1. The number of carbonyl (C=O) groups excluding carboxylic acids is 2. The molecule has 0 saturated carbocycles. The van der Waals surface area contributed by atoms with Crippen LogP contribution in [0.5, 0.6) is 5.75 Å². The fourth-order valence-corrected chi connectivity index (χ4v) is 3.72. The molecule has 2 amide bonds. The van der Waals surface area contributed by atoms with Gasteiger partial charge in [0, 0.05) is 35.0 Å². The molecule has 2 aromatic heterocycles. The number of thiophene rings is 1. The lowest BCUT2D eigenvalue weighted by Gasteiger charge is -2.07. The zero-order valence-electron chi connectivity index (χ0n) is 14.0. The largest absolute Gasteiger partial charge is 0.497 e. The van der Waals surface area contributed by atoms with Gasteiger partial charge >= 0.3 is 0 Å². The molecule has 3 aromatic rings. The van der Waals surface area contributed by atoms with Gasteiger partial charge in [0.15, 0.2) is 0 Å². The molecule has 0 fully saturated rings. The zero-order chi connectivity index (χ0) is 18.4. The highest BCUT2D eigenvalue weighted by Crippen LogP contribution is 2.25. The van der Waals surface area contributed by atoms with Crippen molar-refractivity contribution in [1.29, 1.82) is 0 Å². The Morgan fingerprint density at radius 1 is 1.12 bits per heavy atom. The third-order valence-corrected chi connectivity index (χ3v) is 5.11. The van der Waals surface area contributed by atoms with E-state index in [1.165, 1.54) is 11.3 Å². The first kappa shape index (κ1) is 18.1. The summed E-state index contributed by atoms with van der Waals surface area (Å²) in [6.07, 6.45) is 0. The number of nitrogens with zero attached hydrogens (tertiary/aromatic N) is 1. The van der Waals surface area contributed by atoms with Crippen LogP contribution in [0.3, 0.4) is 0 Å². The van der Waals surface area contributed by atoms with E-state index in [4.69, 9.17) is 4.74 Å². The minimum absolute atomic E-state index is 0.216. The smallest absolute Gasteiger partial charge is 0.270 e. The Morgan fingerprint density at radius 3 is 2.65 bits per heavy atom. The highest BCUT2D eigenvalue weighted by molar-refractivity contribution is 7.14. The molecule has 26 heavy (non-hydrogen) atoms. The zero-order valence-corrected chi connectivity index (χ0v) is 15.7. The summed E-state index contributed by atoms with van der Waals surface area (Å²) in [4.78, 5) is 28.6. The Hall–Kier alpha value is -2.71. The molecule has 0 aliphatic heterocycles. The number of amides is 2. The number of hydrogen-bond acceptors (Lipinski definition) is 6. The van der Waals surface area contributed by atoms with Crippen molar-refractivity contribution in [3.8, 4) is 16.3 Å². The van der Waals surface area contributed by atoms with Crippen LogP contribution in [-0.2, 0) is 0 Å². The first-order chi connectivity index (χ1) is 12.7. The average molecular weight is 387 g/mol. The van der Waals surface area contributed by atoms with E-state index < -0.39 is 0 Å². The summed E-state index contributed by atoms with van der Waals surface area (Å²) in [6, 6.07) is 8.87. The Balaban J connectivity index is 1.46. The molecule has 8 heteroatoms. The van der Waals surface area contributed by atoms with Gasteiger partial charge in [-0.2, -0.15) is 11.3 Å². The lowest BCUT2D eigenvalue weighted by atomic mass is 10.2. The molecule has 0 saturated heterocycles. The van der Waals surface area contributed by atoms with E-state index in [2.05, 4.69) is 15.6 Å². The van der Waals surface area contributed by atoms with Gasteiger partial charge in [-0.1, -0.05) is 6.07 Å². The quantitative estimate of drug-likeness (QED) is 0.611. The van der Waals surface area contributed by atoms with Crippen LogP contribution in [0.25, 0.3) is 10.6 Å². The summed E-state index contributed by atoms with van der Waals surface area (Å²) < 4.78 is 5.10. The SMILES string of the molecule is COc1cccc(C(=O)NCCNC(=O)c2csc(-c3ccsc3)n2)c1. The molecule has 0 bridgehead atoms.